The molecule has 6 heteroatoms. The van der Waals surface area contributed by atoms with E-state index in [9.17, 15) is 9.59 Å². The summed E-state index contributed by atoms with van der Waals surface area (Å²) in [7, 11) is 0. The summed E-state index contributed by atoms with van der Waals surface area (Å²) in [5.41, 5.74) is 7.05. The quantitative estimate of drug-likeness (QED) is 0.777. The first-order chi connectivity index (χ1) is 9.22. The van der Waals surface area contributed by atoms with Crippen LogP contribution in [0.15, 0.2) is 24.3 Å². The molecule has 0 saturated carbocycles. The van der Waals surface area contributed by atoms with Gasteiger partial charge >= 0.3 is 6.03 Å². The fourth-order valence-electron chi connectivity index (χ4n) is 2.47. The average Bonchev–Trinajstić information content (AvgIpc) is 2.72. The van der Waals surface area contributed by atoms with Gasteiger partial charge in [-0.05, 0) is 17.7 Å². The third-order valence-electron chi connectivity index (χ3n) is 3.48. The molecule has 2 heterocycles. The molecule has 0 bridgehead atoms. The number of nitrogens with two attached hydrogens (primary N) is 1. The SMILES string of the molecule is NCc1cccc(N2C(=O)C3COCCN3C2=O)c1. The van der Waals surface area contributed by atoms with Crippen molar-refractivity contribution in [2.24, 2.45) is 5.73 Å². The number of imide groups is 1. The molecule has 3 amide bonds. The van der Waals surface area contributed by atoms with E-state index in [0.717, 1.165) is 5.56 Å². The van der Waals surface area contributed by atoms with Gasteiger partial charge in [0.2, 0.25) is 0 Å². The van der Waals surface area contributed by atoms with Gasteiger partial charge in [-0.2, -0.15) is 0 Å². The van der Waals surface area contributed by atoms with Gasteiger partial charge in [-0.1, -0.05) is 12.1 Å². The molecule has 1 unspecified atom stereocenters. The zero-order valence-electron chi connectivity index (χ0n) is 10.4. The second kappa shape index (κ2) is 4.64. The molecular weight excluding hydrogens is 246 g/mol. The van der Waals surface area contributed by atoms with Crippen molar-refractivity contribution in [1.82, 2.24) is 4.90 Å². The van der Waals surface area contributed by atoms with Crippen molar-refractivity contribution in [1.29, 1.82) is 0 Å². The maximum absolute atomic E-state index is 12.3. The van der Waals surface area contributed by atoms with E-state index in [1.807, 2.05) is 6.07 Å². The lowest BCUT2D eigenvalue weighted by atomic mass is 10.2. The molecule has 2 saturated heterocycles. The van der Waals surface area contributed by atoms with E-state index < -0.39 is 6.04 Å². The van der Waals surface area contributed by atoms with Crippen molar-refractivity contribution < 1.29 is 14.3 Å². The lowest BCUT2D eigenvalue weighted by Crippen LogP contribution is -2.45. The number of anilines is 1. The molecule has 2 aliphatic heterocycles. The molecule has 19 heavy (non-hydrogen) atoms. The number of hydrogen-bond acceptors (Lipinski definition) is 4. The predicted octanol–water partition coefficient (Wildman–Crippen LogP) is 0.313. The number of carbonyl (C=O) groups is 2. The second-order valence-corrected chi connectivity index (χ2v) is 4.61. The molecule has 6 nitrogen and oxygen atoms in total. The Kier molecular flexibility index (Phi) is 2.96. The molecule has 0 spiro atoms. The van der Waals surface area contributed by atoms with E-state index in [2.05, 4.69) is 0 Å². The molecule has 0 radical (unpaired) electrons. The van der Waals surface area contributed by atoms with E-state index in [-0.39, 0.29) is 18.5 Å². The van der Waals surface area contributed by atoms with Crippen LogP contribution in [0, 0.1) is 0 Å². The highest BCUT2D eigenvalue weighted by molar-refractivity contribution is 6.21. The highest BCUT2D eigenvalue weighted by atomic mass is 16.5. The van der Waals surface area contributed by atoms with Crippen molar-refractivity contribution in [3.05, 3.63) is 29.8 Å². The fourth-order valence-corrected chi connectivity index (χ4v) is 2.47. The van der Waals surface area contributed by atoms with Crippen LogP contribution in [0.5, 0.6) is 0 Å². The Hall–Kier alpha value is -1.92. The summed E-state index contributed by atoms with van der Waals surface area (Å²) in [5, 5.41) is 0. The average molecular weight is 261 g/mol. The number of benzene rings is 1. The van der Waals surface area contributed by atoms with Crippen molar-refractivity contribution in [3.8, 4) is 0 Å². The number of morpholine rings is 1. The number of nitrogens with zero attached hydrogens (tertiary/aromatic N) is 2. The Morgan fingerprint density at radius 1 is 1.37 bits per heavy atom. The predicted molar refractivity (Wildman–Crippen MR) is 68.5 cm³/mol. The number of fused-ring (bicyclic) bond motifs is 1. The molecule has 2 N–H and O–H groups in total. The van der Waals surface area contributed by atoms with Crippen molar-refractivity contribution in [2.75, 3.05) is 24.7 Å². The van der Waals surface area contributed by atoms with E-state index in [1.54, 1.807) is 23.1 Å². The molecule has 100 valence electrons. The summed E-state index contributed by atoms with van der Waals surface area (Å²) < 4.78 is 5.27. The highest BCUT2D eigenvalue weighted by Gasteiger charge is 2.47. The Labute approximate surface area is 110 Å². The number of amides is 3. The molecule has 2 aliphatic rings. The molecule has 1 aromatic rings. The number of carbonyl (C=O) groups excluding carboxylic acids is 2. The summed E-state index contributed by atoms with van der Waals surface area (Å²) in [4.78, 5) is 27.4. The van der Waals surface area contributed by atoms with Gasteiger partial charge in [0, 0.05) is 13.1 Å². The topological polar surface area (TPSA) is 75.9 Å². The molecule has 1 aromatic carbocycles. The maximum atomic E-state index is 12.3. The standard InChI is InChI=1S/C13H15N3O3/c14-7-9-2-1-3-10(6-9)16-12(17)11-8-19-5-4-15(11)13(16)18/h1-3,6,11H,4-5,7-8,14H2. The molecule has 2 fully saturated rings. The van der Waals surface area contributed by atoms with Crippen LogP contribution in [-0.2, 0) is 16.1 Å². The monoisotopic (exact) mass is 261 g/mol. The van der Waals surface area contributed by atoms with Gasteiger partial charge in [-0.15, -0.1) is 0 Å². The first kappa shape index (κ1) is 12.1. The molecule has 0 aromatic heterocycles. The van der Waals surface area contributed by atoms with E-state index in [0.29, 0.717) is 25.4 Å². The minimum absolute atomic E-state index is 0.223. The summed E-state index contributed by atoms with van der Waals surface area (Å²) in [6, 6.07) is 6.43. The van der Waals surface area contributed by atoms with Crippen LogP contribution in [0.25, 0.3) is 0 Å². The van der Waals surface area contributed by atoms with E-state index in [4.69, 9.17) is 10.5 Å². The Bertz CT molecular complexity index is 508. The van der Waals surface area contributed by atoms with E-state index >= 15 is 0 Å². The summed E-state index contributed by atoms with van der Waals surface area (Å²) in [5.74, 6) is -0.223. The van der Waals surface area contributed by atoms with Crippen LogP contribution in [0.2, 0.25) is 0 Å². The van der Waals surface area contributed by atoms with Gasteiger partial charge in [0.25, 0.3) is 5.91 Å². The minimum Gasteiger partial charge on any atom is -0.377 e. The van der Waals surface area contributed by atoms with Crippen LogP contribution < -0.4 is 10.6 Å². The second-order valence-electron chi connectivity index (χ2n) is 4.61. The van der Waals surface area contributed by atoms with Gasteiger partial charge in [-0.25, -0.2) is 9.69 Å². The third-order valence-corrected chi connectivity index (χ3v) is 3.48. The Morgan fingerprint density at radius 2 is 2.21 bits per heavy atom. The number of rotatable bonds is 2. The molecular formula is C13H15N3O3. The van der Waals surface area contributed by atoms with Gasteiger partial charge < -0.3 is 15.4 Å². The number of urea groups is 1. The van der Waals surface area contributed by atoms with Gasteiger partial charge in [-0.3, -0.25) is 4.79 Å². The minimum atomic E-state index is -0.484. The fraction of sp³-hybridized carbons (Fsp3) is 0.385. The van der Waals surface area contributed by atoms with Crippen LogP contribution in [-0.4, -0.2) is 42.6 Å². The third kappa shape index (κ3) is 1.89. The molecule has 1 atom stereocenters. The lowest BCUT2D eigenvalue weighted by molar-refractivity contribution is -0.123. The van der Waals surface area contributed by atoms with E-state index in [1.165, 1.54) is 4.90 Å². The first-order valence-electron chi connectivity index (χ1n) is 6.23. The largest absolute Gasteiger partial charge is 0.377 e. The van der Waals surface area contributed by atoms with Crippen LogP contribution >= 0.6 is 0 Å². The number of ether oxygens (including phenoxy) is 1. The summed E-state index contributed by atoms with van der Waals surface area (Å²) in [6.07, 6.45) is 0. The maximum Gasteiger partial charge on any atom is 0.332 e. The number of hydrogen-bond donors (Lipinski definition) is 1. The Morgan fingerprint density at radius 3 is 2.95 bits per heavy atom. The highest BCUT2D eigenvalue weighted by Crippen LogP contribution is 2.27. The van der Waals surface area contributed by atoms with Crippen LogP contribution in [0.1, 0.15) is 5.56 Å². The summed E-state index contributed by atoms with van der Waals surface area (Å²) >= 11 is 0. The molecule has 0 aliphatic carbocycles. The van der Waals surface area contributed by atoms with Gasteiger partial charge in [0.05, 0.1) is 18.9 Å². The lowest BCUT2D eigenvalue weighted by Gasteiger charge is -2.26. The van der Waals surface area contributed by atoms with Gasteiger partial charge in [0.1, 0.15) is 6.04 Å². The smallest absolute Gasteiger partial charge is 0.332 e. The zero-order valence-corrected chi connectivity index (χ0v) is 10.4. The van der Waals surface area contributed by atoms with Crippen LogP contribution in [0.3, 0.4) is 0 Å². The Balaban J connectivity index is 1.95. The molecule has 3 rings (SSSR count). The van der Waals surface area contributed by atoms with Crippen molar-refractivity contribution in [3.63, 3.8) is 0 Å². The van der Waals surface area contributed by atoms with Crippen molar-refractivity contribution in [2.45, 2.75) is 12.6 Å². The van der Waals surface area contributed by atoms with Gasteiger partial charge in [0.15, 0.2) is 0 Å². The zero-order chi connectivity index (χ0) is 13.4. The van der Waals surface area contributed by atoms with Crippen LogP contribution in [0.4, 0.5) is 10.5 Å². The first-order valence-corrected chi connectivity index (χ1v) is 6.23. The summed E-state index contributed by atoms with van der Waals surface area (Å²) in [6.45, 7) is 1.59. The normalized spacial score (nSPS) is 22.9. The van der Waals surface area contributed by atoms with Crippen molar-refractivity contribution >= 4 is 17.6 Å².